The summed E-state index contributed by atoms with van der Waals surface area (Å²) in [4.78, 5) is 22.9. The SMILES string of the molecule is C[NH+](CC(=O)NCCNc1ccc([N+](=O)[O-])cc1)Cc1ccc(C(F)(F)F)cc1. The van der Waals surface area contributed by atoms with Crippen molar-refractivity contribution in [3.63, 3.8) is 0 Å². The van der Waals surface area contributed by atoms with Crippen LogP contribution in [0.15, 0.2) is 48.5 Å². The van der Waals surface area contributed by atoms with Crippen LogP contribution in [0, 0.1) is 10.1 Å². The van der Waals surface area contributed by atoms with Gasteiger partial charge in [0.05, 0.1) is 17.5 Å². The van der Waals surface area contributed by atoms with Gasteiger partial charge in [-0.2, -0.15) is 13.2 Å². The Bertz CT molecular complexity index is 824. The second kappa shape index (κ2) is 9.87. The molecule has 156 valence electrons. The smallest absolute Gasteiger partial charge is 0.383 e. The van der Waals surface area contributed by atoms with Crippen molar-refractivity contribution in [1.82, 2.24) is 5.32 Å². The third kappa shape index (κ3) is 7.41. The number of nitrogens with zero attached hydrogens (tertiary/aromatic N) is 1. The van der Waals surface area contributed by atoms with E-state index in [0.717, 1.165) is 17.0 Å². The predicted octanol–water partition coefficient (Wildman–Crippen LogP) is 1.86. The van der Waals surface area contributed by atoms with Crippen LogP contribution < -0.4 is 15.5 Å². The summed E-state index contributed by atoms with van der Waals surface area (Å²) < 4.78 is 37.7. The second-order valence-electron chi connectivity index (χ2n) is 6.59. The molecular formula is C19H22F3N4O3+. The van der Waals surface area contributed by atoms with Crippen LogP contribution in [0.5, 0.6) is 0 Å². The molecule has 2 aromatic rings. The number of quaternary nitrogens is 1. The van der Waals surface area contributed by atoms with Gasteiger partial charge in [-0.15, -0.1) is 0 Å². The number of likely N-dealkylation sites (N-methyl/N-ethyl adjacent to an activating group) is 1. The minimum absolute atomic E-state index is 0.00270. The van der Waals surface area contributed by atoms with Gasteiger partial charge < -0.3 is 15.5 Å². The third-order valence-electron chi connectivity index (χ3n) is 4.10. The van der Waals surface area contributed by atoms with Crippen molar-refractivity contribution in [2.45, 2.75) is 12.7 Å². The Hall–Kier alpha value is -3.14. The van der Waals surface area contributed by atoms with Gasteiger partial charge in [-0.3, -0.25) is 14.9 Å². The normalized spacial score (nSPS) is 12.3. The lowest BCUT2D eigenvalue weighted by Crippen LogP contribution is -3.08. The summed E-state index contributed by atoms with van der Waals surface area (Å²) >= 11 is 0. The Morgan fingerprint density at radius 1 is 1.07 bits per heavy atom. The Kier molecular flexibility index (Phi) is 7.54. The third-order valence-corrected chi connectivity index (χ3v) is 4.10. The predicted molar refractivity (Wildman–Crippen MR) is 101 cm³/mol. The molecule has 2 aromatic carbocycles. The number of amides is 1. The van der Waals surface area contributed by atoms with Gasteiger partial charge in [-0.1, -0.05) is 12.1 Å². The first kappa shape index (κ1) is 22.2. The lowest BCUT2D eigenvalue weighted by Gasteiger charge is -2.15. The van der Waals surface area contributed by atoms with E-state index in [1.807, 2.05) is 0 Å². The zero-order chi connectivity index (χ0) is 21.4. The highest BCUT2D eigenvalue weighted by molar-refractivity contribution is 5.76. The summed E-state index contributed by atoms with van der Waals surface area (Å²) in [6.07, 6.45) is -4.36. The highest BCUT2D eigenvalue weighted by atomic mass is 19.4. The monoisotopic (exact) mass is 411 g/mol. The molecular weight excluding hydrogens is 389 g/mol. The van der Waals surface area contributed by atoms with E-state index >= 15 is 0 Å². The number of anilines is 1. The zero-order valence-corrected chi connectivity index (χ0v) is 15.8. The van der Waals surface area contributed by atoms with E-state index in [1.165, 1.54) is 24.3 Å². The second-order valence-corrected chi connectivity index (χ2v) is 6.59. The van der Waals surface area contributed by atoms with Crippen molar-refractivity contribution < 1.29 is 27.8 Å². The summed E-state index contributed by atoms with van der Waals surface area (Å²) in [5.74, 6) is -0.181. The summed E-state index contributed by atoms with van der Waals surface area (Å²) in [5, 5.41) is 16.4. The number of carbonyl (C=O) groups is 1. The number of nitro benzene ring substituents is 1. The first-order chi connectivity index (χ1) is 13.6. The van der Waals surface area contributed by atoms with Crippen LogP contribution in [0.25, 0.3) is 0 Å². The molecule has 0 aliphatic rings. The molecule has 0 radical (unpaired) electrons. The number of nitrogens with one attached hydrogen (secondary N) is 3. The van der Waals surface area contributed by atoms with E-state index in [-0.39, 0.29) is 18.1 Å². The topological polar surface area (TPSA) is 88.7 Å². The molecule has 0 aliphatic carbocycles. The van der Waals surface area contributed by atoms with Gasteiger partial charge in [0.15, 0.2) is 6.54 Å². The number of halogens is 3. The molecule has 0 saturated carbocycles. The molecule has 1 atom stereocenters. The van der Waals surface area contributed by atoms with E-state index < -0.39 is 16.7 Å². The molecule has 0 aliphatic heterocycles. The summed E-state index contributed by atoms with van der Waals surface area (Å²) in [6.45, 7) is 1.41. The highest BCUT2D eigenvalue weighted by Crippen LogP contribution is 2.28. The van der Waals surface area contributed by atoms with Gasteiger partial charge in [0.25, 0.3) is 11.6 Å². The molecule has 1 unspecified atom stereocenters. The van der Waals surface area contributed by atoms with Gasteiger partial charge in [-0.05, 0) is 24.3 Å². The van der Waals surface area contributed by atoms with E-state index in [0.29, 0.717) is 30.9 Å². The molecule has 0 spiro atoms. The quantitative estimate of drug-likeness (QED) is 0.334. The maximum Gasteiger partial charge on any atom is 0.416 e. The van der Waals surface area contributed by atoms with Gasteiger partial charge in [0.2, 0.25) is 0 Å². The van der Waals surface area contributed by atoms with Crippen molar-refractivity contribution in [2.75, 3.05) is 32.0 Å². The average molecular weight is 411 g/mol. The molecule has 2 rings (SSSR count). The van der Waals surface area contributed by atoms with Crippen molar-refractivity contribution in [1.29, 1.82) is 0 Å². The van der Waals surface area contributed by atoms with Crippen LogP contribution in [-0.4, -0.2) is 37.5 Å². The fourth-order valence-electron chi connectivity index (χ4n) is 2.67. The number of carbonyl (C=O) groups excluding carboxylic acids is 1. The van der Waals surface area contributed by atoms with Crippen LogP contribution >= 0.6 is 0 Å². The number of non-ortho nitro benzene ring substituents is 1. The molecule has 3 N–H and O–H groups in total. The van der Waals surface area contributed by atoms with Crippen LogP contribution in [0.4, 0.5) is 24.5 Å². The fraction of sp³-hybridized carbons (Fsp3) is 0.316. The molecule has 0 saturated heterocycles. The Morgan fingerprint density at radius 2 is 1.69 bits per heavy atom. The fourth-order valence-corrected chi connectivity index (χ4v) is 2.67. The Balaban J connectivity index is 1.68. The standard InChI is InChI=1S/C19H21F3N4O3/c1-25(12-14-2-4-15(5-3-14)19(20,21)22)13-18(27)24-11-10-23-16-6-8-17(9-7-16)26(28)29/h2-9,23H,10-13H2,1H3,(H,24,27)/p+1. The Labute approximate surface area is 165 Å². The Morgan fingerprint density at radius 3 is 2.24 bits per heavy atom. The average Bonchev–Trinajstić information content (AvgIpc) is 2.65. The molecule has 0 fully saturated rings. The highest BCUT2D eigenvalue weighted by Gasteiger charge is 2.30. The van der Waals surface area contributed by atoms with Gasteiger partial charge in [0, 0.05) is 36.5 Å². The minimum atomic E-state index is -4.36. The molecule has 29 heavy (non-hydrogen) atoms. The van der Waals surface area contributed by atoms with E-state index in [4.69, 9.17) is 0 Å². The van der Waals surface area contributed by atoms with Gasteiger partial charge in [-0.25, -0.2) is 0 Å². The number of rotatable bonds is 9. The number of nitro groups is 1. The molecule has 0 heterocycles. The van der Waals surface area contributed by atoms with E-state index in [9.17, 15) is 28.1 Å². The van der Waals surface area contributed by atoms with Crippen LogP contribution in [0.2, 0.25) is 0 Å². The maximum absolute atomic E-state index is 12.6. The molecule has 0 aromatic heterocycles. The van der Waals surface area contributed by atoms with Crippen LogP contribution in [0.1, 0.15) is 11.1 Å². The van der Waals surface area contributed by atoms with Crippen LogP contribution in [-0.2, 0) is 17.5 Å². The van der Waals surface area contributed by atoms with E-state index in [2.05, 4.69) is 10.6 Å². The van der Waals surface area contributed by atoms with Crippen molar-refractivity contribution >= 4 is 17.3 Å². The molecule has 7 nitrogen and oxygen atoms in total. The number of hydrogen-bond donors (Lipinski definition) is 3. The molecule has 1 amide bonds. The summed E-state index contributed by atoms with van der Waals surface area (Å²) in [6, 6.07) is 10.8. The lowest BCUT2D eigenvalue weighted by molar-refractivity contribution is -0.885. The molecule has 0 bridgehead atoms. The van der Waals surface area contributed by atoms with Crippen molar-refractivity contribution in [3.8, 4) is 0 Å². The zero-order valence-electron chi connectivity index (χ0n) is 15.8. The van der Waals surface area contributed by atoms with Gasteiger partial charge >= 0.3 is 6.18 Å². The summed E-state index contributed by atoms with van der Waals surface area (Å²) in [7, 11) is 1.78. The number of hydrogen-bond acceptors (Lipinski definition) is 4. The number of benzene rings is 2. The largest absolute Gasteiger partial charge is 0.416 e. The van der Waals surface area contributed by atoms with Gasteiger partial charge in [0.1, 0.15) is 6.54 Å². The van der Waals surface area contributed by atoms with Crippen molar-refractivity contribution in [2.24, 2.45) is 0 Å². The maximum atomic E-state index is 12.6. The van der Waals surface area contributed by atoms with Crippen molar-refractivity contribution in [3.05, 3.63) is 69.8 Å². The van der Waals surface area contributed by atoms with E-state index in [1.54, 1.807) is 19.2 Å². The number of alkyl halides is 3. The lowest BCUT2D eigenvalue weighted by atomic mass is 10.1. The summed E-state index contributed by atoms with van der Waals surface area (Å²) in [5.41, 5.74) is 0.720. The first-order valence-corrected chi connectivity index (χ1v) is 8.87. The molecule has 10 heteroatoms. The van der Waals surface area contributed by atoms with Crippen LogP contribution in [0.3, 0.4) is 0 Å². The first-order valence-electron chi connectivity index (χ1n) is 8.87. The minimum Gasteiger partial charge on any atom is -0.383 e.